The SMILES string of the molecule is NNC(CCC(F)(F)F)Cc1ccc(Br)s1. The summed E-state index contributed by atoms with van der Waals surface area (Å²) in [6.45, 7) is 0. The molecular formula is C9H12BrF3N2S. The fraction of sp³-hybridized carbons (Fsp3) is 0.556. The molecule has 1 aromatic rings. The molecule has 1 unspecified atom stereocenters. The number of halogens is 4. The van der Waals surface area contributed by atoms with Gasteiger partial charge >= 0.3 is 6.18 Å². The van der Waals surface area contributed by atoms with E-state index < -0.39 is 12.6 Å². The van der Waals surface area contributed by atoms with E-state index in [1.165, 1.54) is 11.3 Å². The molecular weight excluding hydrogens is 305 g/mol. The standard InChI is InChI=1S/C9H12BrF3N2S/c10-8-2-1-7(16-8)5-6(15-14)3-4-9(11,12)13/h1-2,6,15H,3-5,14H2. The average molecular weight is 317 g/mol. The molecule has 1 heterocycles. The second kappa shape index (κ2) is 6.00. The molecule has 0 saturated heterocycles. The topological polar surface area (TPSA) is 38.0 Å². The van der Waals surface area contributed by atoms with E-state index in [1.807, 2.05) is 12.1 Å². The summed E-state index contributed by atoms with van der Waals surface area (Å²) in [6.07, 6.45) is -4.42. The van der Waals surface area contributed by atoms with Crippen LogP contribution in [-0.2, 0) is 6.42 Å². The Kier molecular flexibility index (Phi) is 5.23. The van der Waals surface area contributed by atoms with E-state index in [-0.39, 0.29) is 12.5 Å². The third kappa shape index (κ3) is 5.29. The molecule has 0 bridgehead atoms. The number of rotatable bonds is 5. The number of alkyl halides is 3. The summed E-state index contributed by atoms with van der Waals surface area (Å²) in [4.78, 5) is 1.01. The van der Waals surface area contributed by atoms with Crippen molar-refractivity contribution in [2.75, 3.05) is 0 Å². The Balaban J connectivity index is 2.43. The van der Waals surface area contributed by atoms with Crippen LogP contribution < -0.4 is 11.3 Å². The largest absolute Gasteiger partial charge is 0.389 e. The number of nitrogens with one attached hydrogen (secondary N) is 1. The summed E-state index contributed by atoms with van der Waals surface area (Å²) < 4.78 is 37.0. The van der Waals surface area contributed by atoms with E-state index >= 15 is 0 Å². The van der Waals surface area contributed by atoms with Crippen LogP contribution in [0.5, 0.6) is 0 Å². The van der Waals surface area contributed by atoms with E-state index in [2.05, 4.69) is 21.4 Å². The van der Waals surface area contributed by atoms with Gasteiger partial charge in [-0.3, -0.25) is 11.3 Å². The third-order valence-corrected chi connectivity index (χ3v) is 3.73. The average Bonchev–Trinajstić information content (AvgIpc) is 2.57. The first-order chi connectivity index (χ1) is 7.40. The minimum atomic E-state index is -4.12. The molecule has 3 N–H and O–H groups in total. The lowest BCUT2D eigenvalue weighted by atomic mass is 10.1. The van der Waals surface area contributed by atoms with Gasteiger partial charge in [-0.15, -0.1) is 11.3 Å². The van der Waals surface area contributed by atoms with Crippen molar-refractivity contribution in [3.05, 3.63) is 20.8 Å². The predicted molar refractivity (Wildman–Crippen MR) is 62.1 cm³/mol. The van der Waals surface area contributed by atoms with E-state index in [1.54, 1.807) is 0 Å². The van der Waals surface area contributed by atoms with Crippen molar-refractivity contribution in [2.24, 2.45) is 5.84 Å². The van der Waals surface area contributed by atoms with Crippen molar-refractivity contribution in [3.63, 3.8) is 0 Å². The van der Waals surface area contributed by atoms with Crippen LogP contribution in [0.1, 0.15) is 17.7 Å². The van der Waals surface area contributed by atoms with Crippen molar-refractivity contribution >= 4 is 27.3 Å². The number of thiophene rings is 1. The Labute approximate surface area is 104 Å². The van der Waals surface area contributed by atoms with E-state index in [0.29, 0.717) is 6.42 Å². The van der Waals surface area contributed by atoms with Crippen molar-refractivity contribution < 1.29 is 13.2 Å². The predicted octanol–water partition coefficient (Wildman–Crippen LogP) is 3.23. The van der Waals surface area contributed by atoms with E-state index in [9.17, 15) is 13.2 Å². The summed E-state index contributed by atoms with van der Waals surface area (Å²) in [5, 5.41) is 0. The highest BCUT2D eigenvalue weighted by atomic mass is 79.9. The molecule has 0 spiro atoms. The van der Waals surface area contributed by atoms with Gasteiger partial charge in [0.15, 0.2) is 0 Å². The molecule has 0 aliphatic carbocycles. The highest BCUT2D eigenvalue weighted by molar-refractivity contribution is 9.11. The molecule has 0 saturated carbocycles. The van der Waals surface area contributed by atoms with Crippen molar-refractivity contribution in [2.45, 2.75) is 31.5 Å². The maximum Gasteiger partial charge on any atom is 0.389 e. The third-order valence-electron chi connectivity index (χ3n) is 2.09. The van der Waals surface area contributed by atoms with Crippen molar-refractivity contribution in [3.8, 4) is 0 Å². The number of hydrazine groups is 1. The van der Waals surface area contributed by atoms with Crippen LogP contribution >= 0.6 is 27.3 Å². The quantitative estimate of drug-likeness (QED) is 0.646. The van der Waals surface area contributed by atoms with Gasteiger partial charge in [0.25, 0.3) is 0 Å². The van der Waals surface area contributed by atoms with Gasteiger partial charge in [0.1, 0.15) is 0 Å². The van der Waals surface area contributed by atoms with Crippen LogP contribution in [-0.4, -0.2) is 12.2 Å². The molecule has 0 aliphatic heterocycles. The molecule has 0 aromatic carbocycles. The first-order valence-corrected chi connectivity index (χ1v) is 6.29. The molecule has 1 aromatic heterocycles. The Bertz CT molecular complexity index is 327. The van der Waals surface area contributed by atoms with Crippen LogP contribution in [0.15, 0.2) is 15.9 Å². The van der Waals surface area contributed by atoms with Crippen LogP contribution in [0.4, 0.5) is 13.2 Å². The minimum Gasteiger partial charge on any atom is -0.271 e. The second-order valence-electron chi connectivity index (χ2n) is 3.43. The monoisotopic (exact) mass is 316 g/mol. The molecule has 0 aliphatic rings. The van der Waals surface area contributed by atoms with Gasteiger partial charge in [-0.25, -0.2) is 0 Å². The molecule has 1 atom stereocenters. The molecule has 7 heteroatoms. The molecule has 1 rings (SSSR count). The lowest BCUT2D eigenvalue weighted by molar-refractivity contribution is -0.136. The summed E-state index contributed by atoms with van der Waals surface area (Å²) in [6, 6.07) is 3.41. The number of hydrogen-bond donors (Lipinski definition) is 2. The zero-order valence-corrected chi connectivity index (χ0v) is 10.8. The van der Waals surface area contributed by atoms with Crippen molar-refractivity contribution in [1.82, 2.24) is 5.43 Å². The van der Waals surface area contributed by atoms with Gasteiger partial charge in [-0.1, -0.05) is 0 Å². The minimum absolute atomic E-state index is 0.00445. The molecule has 0 amide bonds. The maximum atomic E-state index is 12.0. The Morgan fingerprint density at radius 1 is 1.44 bits per heavy atom. The summed E-state index contributed by atoms with van der Waals surface area (Å²) in [5.41, 5.74) is 2.42. The van der Waals surface area contributed by atoms with Crippen LogP contribution in [0.25, 0.3) is 0 Å². The van der Waals surface area contributed by atoms with Gasteiger partial charge in [-0.05, 0) is 40.9 Å². The number of nitrogens with two attached hydrogens (primary N) is 1. The Morgan fingerprint density at radius 2 is 2.12 bits per heavy atom. The highest BCUT2D eigenvalue weighted by Gasteiger charge is 2.28. The van der Waals surface area contributed by atoms with Gasteiger partial charge in [0.05, 0.1) is 3.79 Å². The normalized spacial score (nSPS) is 14.1. The zero-order chi connectivity index (χ0) is 12.2. The van der Waals surface area contributed by atoms with Crippen molar-refractivity contribution in [1.29, 1.82) is 0 Å². The van der Waals surface area contributed by atoms with E-state index in [4.69, 9.17) is 5.84 Å². The molecule has 16 heavy (non-hydrogen) atoms. The highest BCUT2D eigenvalue weighted by Crippen LogP contribution is 2.26. The lowest BCUT2D eigenvalue weighted by Crippen LogP contribution is -2.37. The van der Waals surface area contributed by atoms with Crippen LogP contribution in [0.3, 0.4) is 0 Å². The number of hydrogen-bond acceptors (Lipinski definition) is 3. The molecule has 2 nitrogen and oxygen atoms in total. The van der Waals surface area contributed by atoms with Gasteiger partial charge in [0.2, 0.25) is 0 Å². The maximum absolute atomic E-state index is 12.0. The molecule has 92 valence electrons. The fourth-order valence-electron chi connectivity index (χ4n) is 1.29. The fourth-order valence-corrected chi connectivity index (χ4v) is 2.85. The van der Waals surface area contributed by atoms with Gasteiger partial charge < -0.3 is 0 Å². The Hall–Kier alpha value is -0.110. The van der Waals surface area contributed by atoms with Crippen LogP contribution in [0.2, 0.25) is 0 Å². The lowest BCUT2D eigenvalue weighted by Gasteiger charge is -2.15. The molecule has 0 radical (unpaired) electrons. The second-order valence-corrected chi connectivity index (χ2v) is 5.97. The van der Waals surface area contributed by atoms with Gasteiger partial charge in [-0.2, -0.15) is 13.2 Å². The molecule has 0 fully saturated rings. The summed E-state index contributed by atoms with van der Waals surface area (Å²) in [7, 11) is 0. The smallest absolute Gasteiger partial charge is 0.271 e. The van der Waals surface area contributed by atoms with Crippen LogP contribution in [0, 0.1) is 0 Å². The summed E-state index contributed by atoms with van der Waals surface area (Å²) >= 11 is 4.81. The first kappa shape index (κ1) is 14.0. The van der Waals surface area contributed by atoms with E-state index in [0.717, 1.165) is 8.66 Å². The van der Waals surface area contributed by atoms with Gasteiger partial charge in [0, 0.05) is 17.3 Å². The first-order valence-electron chi connectivity index (χ1n) is 4.68. The summed E-state index contributed by atoms with van der Waals surface area (Å²) in [5.74, 6) is 5.23. The Morgan fingerprint density at radius 3 is 2.56 bits per heavy atom. The zero-order valence-electron chi connectivity index (χ0n) is 8.35.